The largest absolute Gasteiger partial charge is 2.00 e. The van der Waals surface area contributed by atoms with Crippen LogP contribution in [0.15, 0.2) is 0 Å². The molecule has 0 bridgehead atoms. The summed E-state index contributed by atoms with van der Waals surface area (Å²) >= 11 is 0. The summed E-state index contributed by atoms with van der Waals surface area (Å²) in [5.41, 5.74) is 0. The topological polar surface area (TPSA) is 306 Å². The predicted octanol–water partition coefficient (Wildman–Crippen LogP) is -5.91. The molecule has 0 aliphatic heterocycles. The molecule has 0 rings (SSSR count). The van der Waals surface area contributed by atoms with E-state index in [0.29, 0.717) is 0 Å². The van der Waals surface area contributed by atoms with Gasteiger partial charge in [0.05, 0.1) is 0 Å². The molecule has 0 saturated carbocycles. The maximum Gasteiger partial charge on any atom is 2.00 e. The first-order valence-corrected chi connectivity index (χ1v) is 2.00. The Balaban J connectivity index is -0.00000000286. The third kappa shape index (κ3) is 103000. The van der Waals surface area contributed by atoms with E-state index in [0.717, 1.165) is 0 Å². The van der Waals surface area contributed by atoms with E-state index in [2.05, 4.69) is 0 Å². The second kappa shape index (κ2) is 40.0. The summed E-state index contributed by atoms with van der Waals surface area (Å²) in [5, 5.41) is 0. The van der Waals surface area contributed by atoms with E-state index in [4.69, 9.17) is 17.5 Å². The van der Waals surface area contributed by atoms with Gasteiger partial charge in [-0.05, 0) is 0 Å². The van der Waals surface area contributed by atoms with Crippen LogP contribution in [0.25, 0.3) is 0 Å². The Morgan fingerprint density at radius 2 is 0.692 bits per heavy atom. The van der Waals surface area contributed by atoms with Gasteiger partial charge in [0.25, 0.3) is 0 Å². The van der Waals surface area contributed by atoms with Crippen LogP contribution in [0.4, 0.5) is 0 Å². The van der Waals surface area contributed by atoms with Crippen LogP contribution in [0.3, 0.4) is 0 Å². The van der Waals surface area contributed by atoms with Crippen LogP contribution in [-0.4, -0.2) is 50.4 Å². The molecule has 0 atom stereocenters. The van der Waals surface area contributed by atoms with Crippen molar-refractivity contribution in [3.05, 3.63) is 0 Å². The van der Waals surface area contributed by atoms with Gasteiger partial charge in [-0.1, -0.05) is 0 Å². The standard InChI is InChI=1S/Cu.H3N.H2O4S.6H2O/c;;1-5(2,3)4;;;;;;/h;1H3;(H2,1,2,3,4);6*1H2/q+2;;;;;;;;/p-1. The van der Waals surface area contributed by atoms with Gasteiger partial charge in [-0.15, -0.1) is 0 Å². The molecular weight excluding hydrogens is 270 g/mol. The molecule has 0 heterocycles. The molecule has 0 aromatic heterocycles. The summed E-state index contributed by atoms with van der Waals surface area (Å²) < 4.78 is 34.1. The van der Waals surface area contributed by atoms with E-state index >= 15 is 0 Å². The van der Waals surface area contributed by atoms with Gasteiger partial charge in [-0.2, -0.15) is 0 Å². The molecule has 13 heavy (non-hydrogen) atoms. The molecule has 13 heteroatoms. The van der Waals surface area contributed by atoms with Gasteiger partial charge in [0, 0.05) is 10.4 Å². The maximum absolute atomic E-state index is 8.52. The van der Waals surface area contributed by atoms with Crippen molar-refractivity contribution < 1.29 is 67.4 Å². The molecule has 0 aromatic carbocycles. The van der Waals surface area contributed by atoms with Crippen molar-refractivity contribution in [2.45, 2.75) is 0 Å². The molecular formula is H16CuNO10S+. The van der Waals surface area contributed by atoms with Crippen molar-refractivity contribution in [1.82, 2.24) is 6.15 Å². The van der Waals surface area contributed by atoms with E-state index in [1.54, 1.807) is 0 Å². The smallest absolute Gasteiger partial charge is 0.759 e. The zero-order valence-electron chi connectivity index (χ0n) is 6.34. The van der Waals surface area contributed by atoms with E-state index in [9.17, 15) is 0 Å². The number of quaternary nitrogens is 1. The molecule has 0 aliphatic carbocycles. The van der Waals surface area contributed by atoms with Crippen molar-refractivity contribution in [1.29, 1.82) is 0 Å². The summed E-state index contributed by atoms with van der Waals surface area (Å²) in [6.07, 6.45) is 0. The third-order valence-electron chi connectivity index (χ3n) is 0. The average Bonchev–Trinajstić information content (AvgIpc) is 0.722. The van der Waals surface area contributed by atoms with Crippen LogP contribution < -0.4 is 6.15 Å². The second-order valence-electron chi connectivity index (χ2n) is 0.408. The predicted molar refractivity (Wildman–Crippen MR) is 38.1 cm³/mol. The minimum Gasteiger partial charge on any atom is -0.759 e. The molecule has 97 valence electrons. The quantitative estimate of drug-likeness (QED) is 0.258. The van der Waals surface area contributed by atoms with E-state index in [1.165, 1.54) is 0 Å². The Bertz CT molecular complexity index is 98.1. The van der Waals surface area contributed by atoms with E-state index in [1.807, 2.05) is 0 Å². The zero-order valence-corrected chi connectivity index (χ0v) is 8.10. The Morgan fingerprint density at radius 3 is 0.692 bits per heavy atom. The monoisotopic (exact) mass is 285 g/mol. The van der Waals surface area contributed by atoms with Gasteiger partial charge in [-0.25, -0.2) is 0 Å². The van der Waals surface area contributed by atoms with Crippen molar-refractivity contribution >= 4 is 10.4 Å². The van der Waals surface area contributed by atoms with Crippen molar-refractivity contribution in [2.75, 3.05) is 0 Å². The number of hydrogen-bond donors (Lipinski definition) is 1. The van der Waals surface area contributed by atoms with Gasteiger partial charge >= 0.3 is 17.1 Å². The Labute approximate surface area is 84.6 Å². The third-order valence-corrected chi connectivity index (χ3v) is 0. The summed E-state index contributed by atoms with van der Waals surface area (Å²) in [6.45, 7) is 0. The summed E-state index contributed by atoms with van der Waals surface area (Å²) in [7, 11) is -5.17. The van der Waals surface area contributed by atoms with Gasteiger partial charge in [-0.3, -0.25) is 8.42 Å². The van der Waals surface area contributed by atoms with Crippen LogP contribution in [0.1, 0.15) is 0 Å². The molecule has 0 amide bonds. The first-order chi connectivity index (χ1) is 2.00. The molecule has 0 aromatic rings. The van der Waals surface area contributed by atoms with Crippen LogP contribution in [0.5, 0.6) is 0 Å². The van der Waals surface area contributed by atoms with Crippen LogP contribution in [-0.2, 0) is 27.5 Å². The Kier molecular flexibility index (Phi) is 351. The molecule has 11 nitrogen and oxygen atoms in total. The normalized spacial score (nSPS) is 4.46. The van der Waals surface area contributed by atoms with Crippen molar-refractivity contribution in [3.8, 4) is 0 Å². The fraction of sp³-hybridized carbons (Fsp3) is 0. The second-order valence-corrected chi connectivity index (χ2v) is 1.22. The minimum atomic E-state index is -5.17. The fourth-order valence-electron chi connectivity index (χ4n) is 0. The van der Waals surface area contributed by atoms with Crippen molar-refractivity contribution in [2.24, 2.45) is 0 Å². The first kappa shape index (κ1) is 114. The number of rotatable bonds is 0. The SMILES string of the molecule is O.O.O.O.O.O.O=S(=O)([O-])[O-].[Cu+2].[NH4+]. The molecule has 16 N–H and O–H groups in total. The van der Waals surface area contributed by atoms with Gasteiger partial charge in [0.15, 0.2) is 0 Å². The molecule has 0 spiro atoms. The van der Waals surface area contributed by atoms with E-state index in [-0.39, 0.29) is 56.1 Å². The molecule has 1 radical (unpaired) electrons. The maximum atomic E-state index is 8.52. The minimum absolute atomic E-state index is 0. The Hall–Kier alpha value is 0.109. The van der Waals surface area contributed by atoms with Gasteiger partial charge < -0.3 is 48.1 Å². The summed E-state index contributed by atoms with van der Waals surface area (Å²) in [4.78, 5) is 0. The van der Waals surface area contributed by atoms with Crippen LogP contribution >= 0.6 is 0 Å². The van der Waals surface area contributed by atoms with Crippen LogP contribution in [0.2, 0.25) is 0 Å². The molecule has 0 fully saturated rings. The Morgan fingerprint density at radius 1 is 0.692 bits per heavy atom. The summed E-state index contributed by atoms with van der Waals surface area (Å²) in [6, 6.07) is 0. The molecule has 0 unspecified atom stereocenters. The average molecular weight is 286 g/mol. The molecule has 0 saturated heterocycles. The number of hydrogen-bond acceptors (Lipinski definition) is 4. The van der Waals surface area contributed by atoms with Crippen molar-refractivity contribution in [3.63, 3.8) is 0 Å². The van der Waals surface area contributed by atoms with Crippen LogP contribution in [0, 0.1) is 0 Å². The van der Waals surface area contributed by atoms with Gasteiger partial charge in [0.2, 0.25) is 0 Å². The molecule has 0 aliphatic rings. The zero-order chi connectivity index (χ0) is 4.50. The summed E-state index contributed by atoms with van der Waals surface area (Å²) in [5.74, 6) is 0. The van der Waals surface area contributed by atoms with E-state index < -0.39 is 10.4 Å². The first-order valence-electron chi connectivity index (χ1n) is 0.667. The fourth-order valence-corrected chi connectivity index (χ4v) is 0. The van der Waals surface area contributed by atoms with Gasteiger partial charge in [0.1, 0.15) is 0 Å².